The molecule has 16 heavy (non-hydrogen) atoms. The lowest BCUT2D eigenvalue weighted by Crippen LogP contribution is -2.10. The highest BCUT2D eigenvalue weighted by molar-refractivity contribution is 7.92. The lowest BCUT2D eigenvalue weighted by molar-refractivity contribution is 0.594. The number of benzene rings is 1. The van der Waals surface area contributed by atoms with Gasteiger partial charge < -0.3 is 13.7 Å². The Hall–Kier alpha value is 0.150. The van der Waals surface area contributed by atoms with Gasteiger partial charge in [0.05, 0.1) is 5.56 Å². The molecule has 0 spiro atoms. The zero-order valence-corrected chi connectivity index (χ0v) is 11.8. The SMILES string of the molecule is [CH2]c1c([S+](C)[O-])cc([S+](C)[O-])cc1[S+](C)[O-]. The van der Waals surface area contributed by atoms with Crippen LogP contribution in [-0.4, -0.2) is 32.4 Å². The molecule has 0 saturated carbocycles. The van der Waals surface area contributed by atoms with Gasteiger partial charge in [0.25, 0.3) is 0 Å². The summed E-state index contributed by atoms with van der Waals surface area (Å²) in [6.45, 7) is 3.78. The predicted octanol–water partition coefficient (Wildman–Crippen LogP) is 1.08. The average molecular weight is 277 g/mol. The minimum Gasteiger partial charge on any atom is -0.612 e. The molecule has 0 aliphatic rings. The van der Waals surface area contributed by atoms with Crippen LogP contribution in [0.15, 0.2) is 26.8 Å². The molecule has 0 saturated heterocycles. The van der Waals surface area contributed by atoms with Gasteiger partial charge in [-0.1, -0.05) is 0 Å². The maximum atomic E-state index is 11.5. The summed E-state index contributed by atoms with van der Waals surface area (Å²) in [6, 6.07) is 3.20. The van der Waals surface area contributed by atoms with Gasteiger partial charge in [-0.3, -0.25) is 0 Å². The van der Waals surface area contributed by atoms with Crippen molar-refractivity contribution in [2.24, 2.45) is 0 Å². The first-order valence-corrected chi connectivity index (χ1v) is 9.02. The zero-order chi connectivity index (χ0) is 12.5. The fourth-order valence-corrected chi connectivity index (χ4v) is 3.56. The van der Waals surface area contributed by atoms with Crippen molar-refractivity contribution < 1.29 is 13.7 Å². The van der Waals surface area contributed by atoms with Gasteiger partial charge in [-0.05, 0) is 40.5 Å². The molecule has 0 amide bonds. The lowest BCUT2D eigenvalue weighted by atomic mass is 10.2. The van der Waals surface area contributed by atoms with E-state index in [1.165, 1.54) is 18.8 Å². The third-order valence-corrected chi connectivity index (χ3v) is 4.96. The van der Waals surface area contributed by atoms with Gasteiger partial charge in [-0.15, -0.1) is 0 Å². The zero-order valence-electron chi connectivity index (χ0n) is 9.31. The maximum Gasteiger partial charge on any atom is 0.165 e. The molecule has 0 aliphatic heterocycles. The van der Waals surface area contributed by atoms with Crippen molar-refractivity contribution >= 4 is 33.5 Å². The van der Waals surface area contributed by atoms with Crippen molar-refractivity contribution in [1.82, 2.24) is 0 Å². The van der Waals surface area contributed by atoms with Crippen LogP contribution in [0.4, 0.5) is 0 Å². The molecule has 0 N–H and O–H groups in total. The molecule has 3 atom stereocenters. The summed E-state index contributed by atoms with van der Waals surface area (Å²) in [5, 5.41) is 0. The van der Waals surface area contributed by atoms with Crippen LogP contribution < -0.4 is 0 Å². The average Bonchev–Trinajstić information content (AvgIpc) is 2.16. The van der Waals surface area contributed by atoms with Crippen LogP contribution in [0, 0.1) is 6.92 Å². The van der Waals surface area contributed by atoms with Crippen LogP contribution in [0.3, 0.4) is 0 Å². The van der Waals surface area contributed by atoms with E-state index in [-0.39, 0.29) is 0 Å². The molecule has 3 unspecified atom stereocenters. The topological polar surface area (TPSA) is 69.2 Å². The molecule has 0 bridgehead atoms. The predicted molar refractivity (Wildman–Crippen MR) is 67.9 cm³/mol. The highest BCUT2D eigenvalue weighted by atomic mass is 32.2. The van der Waals surface area contributed by atoms with Crippen molar-refractivity contribution in [3.63, 3.8) is 0 Å². The van der Waals surface area contributed by atoms with E-state index in [2.05, 4.69) is 6.92 Å². The normalized spacial score (nSPS) is 16.9. The van der Waals surface area contributed by atoms with E-state index in [1.807, 2.05) is 0 Å². The van der Waals surface area contributed by atoms with Crippen molar-refractivity contribution in [2.75, 3.05) is 18.8 Å². The molecule has 0 heterocycles. The molecule has 0 aromatic heterocycles. The summed E-state index contributed by atoms with van der Waals surface area (Å²) < 4.78 is 34.4. The Morgan fingerprint density at radius 1 is 0.875 bits per heavy atom. The van der Waals surface area contributed by atoms with Crippen LogP contribution in [-0.2, 0) is 33.5 Å². The molecule has 6 heteroatoms. The van der Waals surface area contributed by atoms with Gasteiger partial charge in [-0.25, -0.2) is 0 Å². The van der Waals surface area contributed by atoms with Crippen LogP contribution in [0.5, 0.6) is 0 Å². The molecule has 1 aromatic rings. The second-order valence-corrected chi connectivity index (χ2v) is 7.34. The fraction of sp³-hybridized carbons (Fsp3) is 0.300. The standard InChI is InChI=1S/C10H13O3S3/c1-7-9(15(3)12)5-8(14(2)11)6-10(7)16(4)13/h5-6H,1H2,2-4H3. The summed E-state index contributed by atoms with van der Waals surface area (Å²) in [5.74, 6) is 0. The van der Waals surface area contributed by atoms with E-state index < -0.39 is 33.5 Å². The molecule has 0 fully saturated rings. The van der Waals surface area contributed by atoms with Crippen molar-refractivity contribution in [2.45, 2.75) is 14.7 Å². The Balaban J connectivity index is 3.39. The first-order chi connectivity index (χ1) is 7.34. The number of rotatable bonds is 3. The van der Waals surface area contributed by atoms with E-state index in [0.29, 0.717) is 20.2 Å². The molecule has 0 aliphatic carbocycles. The van der Waals surface area contributed by atoms with Gasteiger partial charge in [0.2, 0.25) is 0 Å². The van der Waals surface area contributed by atoms with Crippen LogP contribution in [0.2, 0.25) is 0 Å². The molecular formula is C10H13O3S3. The Labute approximate surface area is 105 Å². The van der Waals surface area contributed by atoms with Crippen LogP contribution in [0.1, 0.15) is 5.56 Å². The molecular weight excluding hydrogens is 264 g/mol. The molecule has 1 rings (SSSR count). The summed E-state index contributed by atoms with van der Waals surface area (Å²) in [5.41, 5.74) is 0.510. The first-order valence-electron chi connectivity index (χ1n) is 4.35. The van der Waals surface area contributed by atoms with Crippen molar-refractivity contribution in [3.8, 4) is 0 Å². The second kappa shape index (κ2) is 5.66. The minimum atomic E-state index is -1.23. The number of hydrogen-bond donors (Lipinski definition) is 0. The van der Waals surface area contributed by atoms with E-state index in [0.717, 1.165) is 0 Å². The van der Waals surface area contributed by atoms with E-state index in [9.17, 15) is 13.7 Å². The van der Waals surface area contributed by atoms with Crippen LogP contribution >= 0.6 is 0 Å². The molecule has 1 radical (unpaired) electrons. The first kappa shape index (κ1) is 14.2. The van der Waals surface area contributed by atoms with Crippen LogP contribution in [0.25, 0.3) is 0 Å². The third-order valence-electron chi connectivity index (χ3n) is 2.09. The molecule has 89 valence electrons. The van der Waals surface area contributed by atoms with Gasteiger partial charge in [0, 0.05) is 12.1 Å². The van der Waals surface area contributed by atoms with Gasteiger partial charge in [0.1, 0.15) is 18.8 Å². The summed E-state index contributed by atoms with van der Waals surface area (Å²) >= 11 is -3.64. The monoisotopic (exact) mass is 277 g/mol. The molecule has 3 nitrogen and oxygen atoms in total. The Bertz CT molecular complexity index is 349. The Morgan fingerprint density at radius 2 is 1.25 bits per heavy atom. The Morgan fingerprint density at radius 3 is 1.50 bits per heavy atom. The smallest absolute Gasteiger partial charge is 0.165 e. The van der Waals surface area contributed by atoms with Gasteiger partial charge in [-0.2, -0.15) is 0 Å². The van der Waals surface area contributed by atoms with Crippen molar-refractivity contribution in [1.29, 1.82) is 0 Å². The largest absolute Gasteiger partial charge is 0.612 e. The second-order valence-electron chi connectivity index (χ2n) is 3.26. The van der Waals surface area contributed by atoms with Crippen molar-refractivity contribution in [3.05, 3.63) is 24.6 Å². The summed E-state index contributed by atoms with van der Waals surface area (Å²) in [4.78, 5) is 1.53. The van der Waals surface area contributed by atoms with E-state index in [4.69, 9.17) is 0 Å². The summed E-state index contributed by atoms with van der Waals surface area (Å²) in [6.07, 6.45) is 4.58. The number of hydrogen-bond acceptors (Lipinski definition) is 3. The van der Waals surface area contributed by atoms with E-state index >= 15 is 0 Å². The Kier molecular flexibility index (Phi) is 5.03. The fourth-order valence-electron chi connectivity index (χ4n) is 1.27. The summed E-state index contributed by atoms with van der Waals surface area (Å²) in [7, 11) is 0. The van der Waals surface area contributed by atoms with Gasteiger partial charge in [0.15, 0.2) is 14.7 Å². The highest BCUT2D eigenvalue weighted by Gasteiger charge is 2.23. The highest BCUT2D eigenvalue weighted by Crippen LogP contribution is 2.27. The van der Waals surface area contributed by atoms with Gasteiger partial charge >= 0.3 is 0 Å². The van der Waals surface area contributed by atoms with E-state index in [1.54, 1.807) is 12.1 Å². The minimum absolute atomic E-state index is 0.498. The lowest BCUT2D eigenvalue weighted by Gasteiger charge is -2.14. The third kappa shape index (κ3) is 3.09. The quantitative estimate of drug-likeness (QED) is 0.776. The molecule has 1 aromatic carbocycles. The maximum absolute atomic E-state index is 11.5.